The second-order valence-electron chi connectivity index (χ2n) is 5.55. The van der Waals surface area contributed by atoms with Crippen molar-refractivity contribution in [3.63, 3.8) is 0 Å². The standard InChI is InChI=1S/C10H20N2O2.C6H16N2/c11-9(13)7-5-3-1-2-4-6-8-10(12)14;7-5-3-1-2-4-6-8/h1-8H2,(H2,11,13)(H2,12,14);1-8H2. The first-order valence-corrected chi connectivity index (χ1v) is 8.51. The lowest BCUT2D eigenvalue weighted by Gasteiger charge is -1.99. The molecule has 0 atom stereocenters. The highest BCUT2D eigenvalue weighted by atomic mass is 16.1. The van der Waals surface area contributed by atoms with E-state index in [1.165, 1.54) is 12.8 Å². The van der Waals surface area contributed by atoms with E-state index in [2.05, 4.69) is 0 Å². The minimum Gasteiger partial charge on any atom is -0.370 e. The van der Waals surface area contributed by atoms with E-state index in [4.69, 9.17) is 22.9 Å². The molecule has 6 nitrogen and oxygen atoms in total. The van der Waals surface area contributed by atoms with Crippen molar-refractivity contribution in [2.24, 2.45) is 22.9 Å². The van der Waals surface area contributed by atoms with E-state index < -0.39 is 0 Å². The summed E-state index contributed by atoms with van der Waals surface area (Å²) >= 11 is 0. The Morgan fingerprint density at radius 2 is 0.773 bits per heavy atom. The molecule has 0 aromatic rings. The largest absolute Gasteiger partial charge is 0.370 e. The van der Waals surface area contributed by atoms with Crippen molar-refractivity contribution in [1.29, 1.82) is 0 Å². The third-order valence-corrected chi connectivity index (χ3v) is 3.25. The predicted octanol–water partition coefficient (Wildman–Crippen LogP) is 1.54. The Morgan fingerprint density at radius 1 is 0.500 bits per heavy atom. The fourth-order valence-electron chi connectivity index (χ4n) is 1.95. The van der Waals surface area contributed by atoms with Gasteiger partial charge in [-0.05, 0) is 38.8 Å². The van der Waals surface area contributed by atoms with Crippen LogP contribution < -0.4 is 22.9 Å². The first kappa shape index (κ1) is 23.1. The van der Waals surface area contributed by atoms with Crippen LogP contribution in [-0.4, -0.2) is 24.9 Å². The van der Waals surface area contributed by atoms with Crippen LogP contribution in [0.4, 0.5) is 0 Å². The molecule has 8 N–H and O–H groups in total. The maximum atomic E-state index is 10.4. The molecule has 0 fully saturated rings. The van der Waals surface area contributed by atoms with Crippen molar-refractivity contribution in [3.8, 4) is 0 Å². The summed E-state index contributed by atoms with van der Waals surface area (Å²) in [6.07, 6.45) is 11.8. The van der Waals surface area contributed by atoms with Crippen LogP contribution in [-0.2, 0) is 9.59 Å². The van der Waals surface area contributed by atoms with Crippen LogP contribution in [0.2, 0.25) is 0 Å². The smallest absolute Gasteiger partial charge is 0.217 e. The van der Waals surface area contributed by atoms with Gasteiger partial charge in [0.2, 0.25) is 11.8 Å². The molecule has 0 saturated heterocycles. The molecule has 0 unspecified atom stereocenters. The molecule has 132 valence electrons. The lowest BCUT2D eigenvalue weighted by molar-refractivity contribution is -0.119. The summed E-state index contributed by atoms with van der Waals surface area (Å²) in [5.74, 6) is -0.447. The van der Waals surface area contributed by atoms with Gasteiger partial charge < -0.3 is 22.9 Å². The maximum Gasteiger partial charge on any atom is 0.217 e. The summed E-state index contributed by atoms with van der Waals surface area (Å²) < 4.78 is 0. The molecule has 0 bridgehead atoms. The number of rotatable bonds is 14. The number of carbonyl (C=O) groups is 2. The Balaban J connectivity index is 0. The Morgan fingerprint density at radius 3 is 1.05 bits per heavy atom. The lowest BCUT2D eigenvalue weighted by Crippen LogP contribution is -2.09. The number of amides is 2. The maximum absolute atomic E-state index is 10.4. The van der Waals surface area contributed by atoms with Crippen molar-refractivity contribution < 1.29 is 9.59 Å². The SMILES string of the molecule is NC(=O)CCCCCCCCC(N)=O.NCCCCCCN. The van der Waals surface area contributed by atoms with Crippen LogP contribution in [0.15, 0.2) is 0 Å². The van der Waals surface area contributed by atoms with Crippen LogP contribution in [0.5, 0.6) is 0 Å². The van der Waals surface area contributed by atoms with Gasteiger partial charge in [0.1, 0.15) is 0 Å². The number of nitrogens with two attached hydrogens (primary N) is 4. The first-order valence-electron chi connectivity index (χ1n) is 8.51. The van der Waals surface area contributed by atoms with Gasteiger partial charge in [0.15, 0.2) is 0 Å². The van der Waals surface area contributed by atoms with E-state index in [0.717, 1.165) is 64.5 Å². The molecule has 0 radical (unpaired) electrons. The highest BCUT2D eigenvalue weighted by Crippen LogP contribution is 2.07. The van der Waals surface area contributed by atoms with Gasteiger partial charge in [-0.15, -0.1) is 0 Å². The zero-order valence-corrected chi connectivity index (χ0v) is 14.0. The summed E-state index contributed by atoms with van der Waals surface area (Å²) in [4.78, 5) is 20.8. The van der Waals surface area contributed by atoms with E-state index >= 15 is 0 Å². The number of hydrogen-bond donors (Lipinski definition) is 4. The van der Waals surface area contributed by atoms with Gasteiger partial charge in [-0.3, -0.25) is 9.59 Å². The molecule has 0 rings (SSSR count). The summed E-state index contributed by atoms with van der Waals surface area (Å²) in [6.45, 7) is 1.65. The summed E-state index contributed by atoms with van der Waals surface area (Å²) in [5.41, 5.74) is 20.6. The predicted molar refractivity (Wildman–Crippen MR) is 91.9 cm³/mol. The Labute approximate surface area is 135 Å². The zero-order chi connectivity index (χ0) is 17.1. The van der Waals surface area contributed by atoms with E-state index in [1.54, 1.807) is 0 Å². The summed E-state index contributed by atoms with van der Waals surface area (Å²) in [5, 5.41) is 0. The minimum absolute atomic E-state index is 0.223. The number of hydrogen-bond acceptors (Lipinski definition) is 4. The molecule has 0 aliphatic carbocycles. The van der Waals surface area contributed by atoms with Gasteiger partial charge in [-0.25, -0.2) is 0 Å². The van der Waals surface area contributed by atoms with Gasteiger partial charge in [0.25, 0.3) is 0 Å². The molecule has 2 amide bonds. The van der Waals surface area contributed by atoms with Crippen molar-refractivity contribution in [2.45, 2.75) is 77.0 Å². The molecule has 0 aliphatic heterocycles. The molecule has 0 aromatic heterocycles. The van der Waals surface area contributed by atoms with Crippen LogP contribution in [0.1, 0.15) is 77.0 Å². The highest BCUT2D eigenvalue weighted by Gasteiger charge is 1.96. The number of carbonyl (C=O) groups excluding carboxylic acids is 2. The molecule has 0 saturated carbocycles. The van der Waals surface area contributed by atoms with Gasteiger partial charge in [0, 0.05) is 12.8 Å². The molecule has 0 spiro atoms. The Hall–Kier alpha value is -1.14. The topological polar surface area (TPSA) is 138 Å². The van der Waals surface area contributed by atoms with Crippen molar-refractivity contribution in [3.05, 3.63) is 0 Å². The second-order valence-corrected chi connectivity index (χ2v) is 5.55. The third kappa shape index (κ3) is 27.2. The minimum atomic E-state index is -0.223. The lowest BCUT2D eigenvalue weighted by atomic mass is 10.1. The van der Waals surface area contributed by atoms with E-state index in [1.807, 2.05) is 0 Å². The van der Waals surface area contributed by atoms with Crippen molar-refractivity contribution >= 4 is 11.8 Å². The molecule has 22 heavy (non-hydrogen) atoms. The van der Waals surface area contributed by atoms with Gasteiger partial charge in [0.05, 0.1) is 0 Å². The van der Waals surface area contributed by atoms with Crippen LogP contribution >= 0.6 is 0 Å². The first-order chi connectivity index (χ1) is 10.5. The van der Waals surface area contributed by atoms with Crippen LogP contribution in [0, 0.1) is 0 Å². The molecular weight excluding hydrogens is 280 g/mol. The van der Waals surface area contributed by atoms with Gasteiger partial charge in [-0.1, -0.05) is 38.5 Å². The summed E-state index contributed by atoms with van der Waals surface area (Å²) in [7, 11) is 0. The number of primary amides is 2. The van der Waals surface area contributed by atoms with Crippen LogP contribution in [0.3, 0.4) is 0 Å². The Kier molecular flexibility index (Phi) is 20.9. The van der Waals surface area contributed by atoms with E-state index in [0.29, 0.717) is 12.8 Å². The average Bonchev–Trinajstić information content (AvgIpc) is 2.46. The highest BCUT2D eigenvalue weighted by molar-refractivity contribution is 5.73. The molecular formula is C16H36N4O2. The molecule has 0 aliphatic rings. The average molecular weight is 316 g/mol. The molecule has 0 aromatic carbocycles. The third-order valence-electron chi connectivity index (χ3n) is 3.25. The quantitative estimate of drug-likeness (QED) is 0.361. The summed E-state index contributed by atoms with van der Waals surface area (Å²) in [6, 6.07) is 0. The van der Waals surface area contributed by atoms with Crippen molar-refractivity contribution in [1.82, 2.24) is 0 Å². The van der Waals surface area contributed by atoms with E-state index in [-0.39, 0.29) is 11.8 Å². The number of unbranched alkanes of at least 4 members (excludes halogenated alkanes) is 8. The fraction of sp³-hybridized carbons (Fsp3) is 0.875. The Bertz CT molecular complexity index is 235. The second kappa shape index (κ2) is 19.9. The zero-order valence-electron chi connectivity index (χ0n) is 14.0. The van der Waals surface area contributed by atoms with Crippen LogP contribution in [0.25, 0.3) is 0 Å². The normalized spacial score (nSPS) is 9.91. The van der Waals surface area contributed by atoms with Gasteiger partial charge in [-0.2, -0.15) is 0 Å². The van der Waals surface area contributed by atoms with E-state index in [9.17, 15) is 9.59 Å². The van der Waals surface area contributed by atoms with Gasteiger partial charge >= 0.3 is 0 Å². The molecule has 0 heterocycles. The van der Waals surface area contributed by atoms with Crippen molar-refractivity contribution in [2.75, 3.05) is 13.1 Å². The fourth-order valence-corrected chi connectivity index (χ4v) is 1.95. The molecule has 6 heteroatoms. The monoisotopic (exact) mass is 316 g/mol.